The first-order valence-electron chi connectivity index (χ1n) is 9.36. The number of carbonyl (C=O) groups is 1. The smallest absolute Gasteiger partial charge is 0.338 e. The van der Waals surface area contributed by atoms with Crippen molar-refractivity contribution in [2.24, 2.45) is 0 Å². The third kappa shape index (κ3) is 3.65. The minimum absolute atomic E-state index is 0.0334. The molecule has 0 saturated heterocycles. The van der Waals surface area contributed by atoms with Crippen molar-refractivity contribution < 1.29 is 17.9 Å². The van der Waals surface area contributed by atoms with E-state index in [4.69, 9.17) is 10.00 Å². The molecule has 0 amide bonds. The number of benzene rings is 3. The van der Waals surface area contributed by atoms with E-state index < -0.39 is 16.0 Å². The maximum absolute atomic E-state index is 13.2. The van der Waals surface area contributed by atoms with Crippen LogP contribution in [0.3, 0.4) is 0 Å². The number of sulfonamides is 1. The lowest BCUT2D eigenvalue weighted by Crippen LogP contribution is -2.29. The summed E-state index contributed by atoms with van der Waals surface area (Å²) < 4.78 is 33.0. The molecule has 0 radical (unpaired) electrons. The van der Waals surface area contributed by atoms with E-state index in [-0.39, 0.29) is 17.1 Å². The molecule has 0 spiro atoms. The average molecular weight is 418 g/mol. The van der Waals surface area contributed by atoms with E-state index in [0.29, 0.717) is 29.8 Å². The summed E-state index contributed by atoms with van der Waals surface area (Å²) in [6, 6.07) is 22.1. The number of esters is 1. The van der Waals surface area contributed by atoms with E-state index in [0.717, 1.165) is 5.56 Å². The molecule has 0 N–H and O–H groups in total. The summed E-state index contributed by atoms with van der Waals surface area (Å²) in [5, 5.41) is 9.14. The Balaban J connectivity index is 1.55. The molecule has 7 heteroatoms. The number of nitrogens with zero attached hydrogens (tertiary/aromatic N) is 2. The molecule has 1 aliphatic heterocycles. The standard InChI is InChI=1S/C23H18N2O4S/c24-15-19-7-1-2-8-20(19)16-29-23(26)18-9-5-10-21(14-18)30(27,28)25-13-12-17-6-3-4-11-22(17)25/h1-11,14H,12-13,16H2. The molecule has 1 aliphatic rings. The highest BCUT2D eigenvalue weighted by Crippen LogP contribution is 2.32. The van der Waals surface area contributed by atoms with Gasteiger partial charge in [0.25, 0.3) is 10.0 Å². The van der Waals surface area contributed by atoms with Crippen LogP contribution in [0.1, 0.15) is 27.0 Å². The minimum atomic E-state index is -3.80. The number of rotatable bonds is 5. The summed E-state index contributed by atoms with van der Waals surface area (Å²) in [5.41, 5.74) is 2.80. The number of fused-ring (bicyclic) bond motifs is 1. The molecule has 0 aliphatic carbocycles. The van der Waals surface area contributed by atoms with Gasteiger partial charge in [-0.15, -0.1) is 0 Å². The molecule has 30 heavy (non-hydrogen) atoms. The van der Waals surface area contributed by atoms with Crippen molar-refractivity contribution in [3.8, 4) is 6.07 Å². The van der Waals surface area contributed by atoms with Crippen LogP contribution in [0.15, 0.2) is 77.7 Å². The highest BCUT2D eigenvalue weighted by atomic mass is 32.2. The second-order valence-corrected chi connectivity index (χ2v) is 8.69. The molecular formula is C23H18N2O4S. The van der Waals surface area contributed by atoms with Gasteiger partial charge in [0, 0.05) is 12.1 Å². The molecule has 6 nitrogen and oxygen atoms in total. The Morgan fingerprint density at radius 1 is 1.03 bits per heavy atom. The molecule has 3 aromatic rings. The fraction of sp³-hybridized carbons (Fsp3) is 0.130. The summed E-state index contributed by atoms with van der Waals surface area (Å²) in [7, 11) is -3.80. The minimum Gasteiger partial charge on any atom is -0.457 e. The van der Waals surface area contributed by atoms with Gasteiger partial charge in [0.05, 0.1) is 27.8 Å². The van der Waals surface area contributed by atoms with Crippen molar-refractivity contribution in [2.75, 3.05) is 10.8 Å². The Hall–Kier alpha value is -3.63. The normalized spacial score (nSPS) is 12.8. The predicted molar refractivity (Wildman–Crippen MR) is 111 cm³/mol. The fourth-order valence-corrected chi connectivity index (χ4v) is 5.00. The van der Waals surface area contributed by atoms with Gasteiger partial charge in [-0.25, -0.2) is 13.2 Å². The molecule has 0 atom stereocenters. The quantitative estimate of drug-likeness (QED) is 0.590. The molecule has 4 rings (SSSR count). The van der Waals surface area contributed by atoms with Crippen molar-refractivity contribution in [1.82, 2.24) is 0 Å². The monoisotopic (exact) mass is 418 g/mol. The van der Waals surface area contributed by atoms with Crippen molar-refractivity contribution in [2.45, 2.75) is 17.9 Å². The summed E-state index contributed by atoms with van der Waals surface area (Å²) >= 11 is 0. The maximum Gasteiger partial charge on any atom is 0.338 e. The second-order valence-electron chi connectivity index (χ2n) is 6.83. The number of hydrogen-bond donors (Lipinski definition) is 0. The number of hydrogen-bond acceptors (Lipinski definition) is 5. The van der Waals surface area contributed by atoms with Gasteiger partial charge in [0.1, 0.15) is 6.61 Å². The molecule has 0 bridgehead atoms. The van der Waals surface area contributed by atoms with Crippen molar-refractivity contribution in [3.63, 3.8) is 0 Å². The van der Waals surface area contributed by atoms with E-state index in [1.54, 1.807) is 36.4 Å². The molecule has 0 fully saturated rings. The highest BCUT2D eigenvalue weighted by Gasteiger charge is 2.31. The van der Waals surface area contributed by atoms with E-state index >= 15 is 0 Å². The number of nitriles is 1. The lowest BCUT2D eigenvalue weighted by Gasteiger charge is -2.19. The fourth-order valence-electron chi connectivity index (χ4n) is 3.45. The molecule has 150 valence electrons. The zero-order valence-corrected chi connectivity index (χ0v) is 16.8. The van der Waals surface area contributed by atoms with Crippen molar-refractivity contribution >= 4 is 21.7 Å². The van der Waals surface area contributed by atoms with E-state index in [9.17, 15) is 13.2 Å². The van der Waals surface area contributed by atoms with Gasteiger partial charge in [0.2, 0.25) is 0 Å². The molecule has 1 heterocycles. The molecule has 0 aromatic heterocycles. The van der Waals surface area contributed by atoms with Crippen molar-refractivity contribution in [3.05, 3.63) is 95.1 Å². The summed E-state index contributed by atoms with van der Waals surface area (Å²) in [6.45, 7) is 0.292. The van der Waals surface area contributed by atoms with Crippen LogP contribution in [0.4, 0.5) is 5.69 Å². The van der Waals surface area contributed by atoms with Crippen LogP contribution in [-0.2, 0) is 27.8 Å². The van der Waals surface area contributed by atoms with Crippen LogP contribution in [-0.4, -0.2) is 20.9 Å². The van der Waals surface area contributed by atoms with E-state index in [2.05, 4.69) is 6.07 Å². The number of para-hydroxylation sites is 1. The lowest BCUT2D eigenvalue weighted by molar-refractivity contribution is 0.0472. The predicted octanol–water partition coefficient (Wildman–Crippen LogP) is 3.67. The molecular weight excluding hydrogens is 400 g/mol. The Morgan fingerprint density at radius 3 is 2.63 bits per heavy atom. The number of ether oxygens (including phenoxy) is 1. The van der Waals surface area contributed by atoms with Crippen molar-refractivity contribution in [1.29, 1.82) is 5.26 Å². The third-order valence-corrected chi connectivity index (χ3v) is 6.81. The summed E-state index contributed by atoms with van der Waals surface area (Å²) in [6.07, 6.45) is 0.648. The topological polar surface area (TPSA) is 87.5 Å². The Labute approximate surface area is 175 Å². The third-order valence-electron chi connectivity index (χ3n) is 5.00. The van der Waals surface area contributed by atoms with E-state index in [1.165, 1.54) is 28.6 Å². The van der Waals surface area contributed by atoms with Gasteiger partial charge < -0.3 is 4.74 Å². The first kappa shape index (κ1) is 19.7. The first-order chi connectivity index (χ1) is 14.5. The first-order valence-corrected chi connectivity index (χ1v) is 10.8. The average Bonchev–Trinajstić information content (AvgIpc) is 3.23. The maximum atomic E-state index is 13.2. The molecule has 3 aromatic carbocycles. The zero-order valence-electron chi connectivity index (χ0n) is 16.0. The Morgan fingerprint density at radius 2 is 1.80 bits per heavy atom. The molecule has 0 unspecified atom stereocenters. The highest BCUT2D eigenvalue weighted by molar-refractivity contribution is 7.92. The van der Waals surface area contributed by atoms with Crippen LogP contribution in [0.2, 0.25) is 0 Å². The van der Waals surface area contributed by atoms with E-state index in [1.807, 2.05) is 12.1 Å². The van der Waals surface area contributed by atoms with Gasteiger partial charge in [-0.2, -0.15) is 5.26 Å². The Kier molecular flexibility index (Phi) is 5.25. The SMILES string of the molecule is N#Cc1ccccc1COC(=O)c1cccc(S(=O)(=O)N2CCc3ccccc32)c1. The summed E-state index contributed by atoms with van der Waals surface area (Å²) in [4.78, 5) is 12.5. The zero-order chi connectivity index (χ0) is 21.1. The van der Waals surface area contributed by atoms with Gasteiger partial charge in [-0.3, -0.25) is 4.31 Å². The van der Waals surface area contributed by atoms with Gasteiger partial charge in [-0.05, 0) is 42.3 Å². The summed E-state index contributed by atoms with van der Waals surface area (Å²) in [5.74, 6) is -0.651. The molecule has 0 saturated carbocycles. The van der Waals surface area contributed by atoms with Crippen LogP contribution in [0.25, 0.3) is 0 Å². The van der Waals surface area contributed by atoms with Gasteiger partial charge in [-0.1, -0.05) is 42.5 Å². The largest absolute Gasteiger partial charge is 0.457 e. The number of carbonyl (C=O) groups excluding carboxylic acids is 1. The van der Waals surface area contributed by atoms with Gasteiger partial charge in [0.15, 0.2) is 0 Å². The van der Waals surface area contributed by atoms with Gasteiger partial charge >= 0.3 is 5.97 Å². The lowest BCUT2D eigenvalue weighted by atomic mass is 10.1. The van der Waals surface area contributed by atoms with Crippen LogP contribution < -0.4 is 4.31 Å². The second kappa shape index (κ2) is 8.01. The van der Waals surface area contributed by atoms with Crippen LogP contribution in [0, 0.1) is 11.3 Å². The Bertz CT molecular complexity index is 1260. The van der Waals surface area contributed by atoms with Crippen LogP contribution in [0.5, 0.6) is 0 Å². The van der Waals surface area contributed by atoms with Crippen LogP contribution >= 0.6 is 0 Å². The number of anilines is 1.